The third-order valence-corrected chi connectivity index (χ3v) is 4.13. The molecule has 3 unspecified atom stereocenters. The number of esters is 1. The Morgan fingerprint density at radius 2 is 2.10 bits per heavy atom. The van der Waals surface area contributed by atoms with E-state index in [1.807, 2.05) is 0 Å². The van der Waals surface area contributed by atoms with Crippen LogP contribution < -0.4 is 11.1 Å². The molecule has 3 atom stereocenters. The quantitative estimate of drug-likeness (QED) is 0.297. The first kappa shape index (κ1) is 18.0. The summed E-state index contributed by atoms with van der Waals surface area (Å²) in [6.45, 7) is 5.79. The van der Waals surface area contributed by atoms with Crippen molar-refractivity contribution in [1.82, 2.24) is 5.32 Å². The summed E-state index contributed by atoms with van der Waals surface area (Å²) < 4.78 is 5.40. The monoisotopic (exact) mass is 312 g/mol. The Hall–Kier alpha value is -1.10. The molecule has 1 rings (SSSR count). The second-order valence-electron chi connectivity index (χ2n) is 6.08. The van der Waals surface area contributed by atoms with E-state index in [-0.39, 0.29) is 11.9 Å². The van der Waals surface area contributed by atoms with Crippen molar-refractivity contribution in [3.05, 3.63) is 12.3 Å². The Kier molecular flexibility index (Phi) is 8.35. The first-order chi connectivity index (χ1) is 10.0. The molecule has 1 aliphatic rings. The van der Waals surface area contributed by atoms with Crippen molar-refractivity contribution in [3.63, 3.8) is 0 Å². The highest BCUT2D eigenvalue weighted by molar-refractivity contribution is 7.80. The van der Waals surface area contributed by atoms with Gasteiger partial charge in [-0.15, -0.1) is 0 Å². The number of hydrogen-bond donors (Lipinski definition) is 2. The Morgan fingerprint density at radius 3 is 2.71 bits per heavy atom. The Bertz CT molecular complexity index is 371. The number of hydrogen-bond acceptors (Lipinski definition) is 4. The Labute approximate surface area is 133 Å². The summed E-state index contributed by atoms with van der Waals surface area (Å²) in [7, 11) is 0. The molecular weight excluding hydrogens is 284 g/mol. The van der Waals surface area contributed by atoms with Gasteiger partial charge < -0.3 is 15.8 Å². The maximum Gasteiger partial charge on any atom is 0.309 e. The molecule has 0 spiro atoms. The van der Waals surface area contributed by atoms with Crippen molar-refractivity contribution in [2.24, 2.45) is 23.5 Å². The molecule has 0 aliphatic heterocycles. The van der Waals surface area contributed by atoms with E-state index in [4.69, 9.17) is 22.7 Å². The molecule has 0 aromatic carbocycles. The van der Waals surface area contributed by atoms with E-state index >= 15 is 0 Å². The Balaban J connectivity index is 1.99. The molecule has 1 saturated carbocycles. The topological polar surface area (TPSA) is 64.3 Å². The van der Waals surface area contributed by atoms with Crippen LogP contribution in [0.1, 0.15) is 46.0 Å². The molecule has 120 valence electrons. The molecule has 5 heteroatoms. The second-order valence-corrected chi connectivity index (χ2v) is 6.55. The second kappa shape index (κ2) is 9.77. The van der Waals surface area contributed by atoms with Crippen molar-refractivity contribution < 1.29 is 9.53 Å². The van der Waals surface area contributed by atoms with Gasteiger partial charge in [0.1, 0.15) is 0 Å². The van der Waals surface area contributed by atoms with Crippen molar-refractivity contribution >= 4 is 23.2 Å². The van der Waals surface area contributed by atoms with Crippen molar-refractivity contribution in [2.75, 3.05) is 13.2 Å². The minimum absolute atomic E-state index is 0.00404. The van der Waals surface area contributed by atoms with Crippen LogP contribution in [0.2, 0.25) is 0 Å². The summed E-state index contributed by atoms with van der Waals surface area (Å²) in [6, 6.07) is 0. The third-order valence-electron chi connectivity index (χ3n) is 4.00. The van der Waals surface area contributed by atoms with E-state index in [0.717, 1.165) is 38.6 Å². The van der Waals surface area contributed by atoms with E-state index in [9.17, 15) is 4.79 Å². The van der Waals surface area contributed by atoms with E-state index in [2.05, 4.69) is 19.2 Å². The first-order valence-electron chi connectivity index (χ1n) is 7.86. The van der Waals surface area contributed by atoms with Gasteiger partial charge in [-0.3, -0.25) is 4.79 Å². The lowest BCUT2D eigenvalue weighted by molar-refractivity contribution is -0.149. The van der Waals surface area contributed by atoms with Crippen LogP contribution in [-0.2, 0) is 9.53 Å². The van der Waals surface area contributed by atoms with E-state index in [0.29, 0.717) is 23.4 Å². The summed E-state index contributed by atoms with van der Waals surface area (Å²) in [5.41, 5.74) is 5.33. The van der Waals surface area contributed by atoms with Crippen LogP contribution in [-0.4, -0.2) is 24.1 Å². The highest BCUT2D eigenvalue weighted by Crippen LogP contribution is 2.36. The van der Waals surface area contributed by atoms with E-state index in [1.165, 1.54) is 0 Å². The van der Waals surface area contributed by atoms with Crippen LogP contribution in [0.25, 0.3) is 0 Å². The molecule has 0 radical (unpaired) electrons. The van der Waals surface area contributed by atoms with Crippen molar-refractivity contribution in [1.29, 1.82) is 0 Å². The van der Waals surface area contributed by atoms with E-state index < -0.39 is 0 Å². The lowest BCUT2D eigenvalue weighted by Crippen LogP contribution is -2.20. The molecule has 0 bridgehead atoms. The predicted octanol–water partition coefficient (Wildman–Crippen LogP) is 2.77. The molecule has 0 aromatic rings. The summed E-state index contributed by atoms with van der Waals surface area (Å²) in [5.74, 6) is 1.24. The van der Waals surface area contributed by atoms with Crippen molar-refractivity contribution in [2.45, 2.75) is 46.0 Å². The fraction of sp³-hybridized carbons (Fsp3) is 0.750. The van der Waals surface area contributed by atoms with Gasteiger partial charge in [0.2, 0.25) is 0 Å². The van der Waals surface area contributed by atoms with Gasteiger partial charge >= 0.3 is 5.97 Å². The molecule has 21 heavy (non-hydrogen) atoms. The van der Waals surface area contributed by atoms with Gasteiger partial charge in [-0.25, -0.2) is 0 Å². The van der Waals surface area contributed by atoms with Gasteiger partial charge in [-0.05, 0) is 56.2 Å². The maximum atomic E-state index is 12.0. The maximum absolute atomic E-state index is 12.0. The average Bonchev–Trinajstić information content (AvgIpc) is 2.75. The molecule has 0 amide bonds. The summed E-state index contributed by atoms with van der Waals surface area (Å²) in [4.78, 5) is 12.4. The molecule has 0 heterocycles. The van der Waals surface area contributed by atoms with E-state index in [1.54, 1.807) is 12.3 Å². The third kappa shape index (κ3) is 7.46. The predicted molar refractivity (Wildman–Crippen MR) is 89.8 cm³/mol. The largest absolute Gasteiger partial charge is 0.465 e. The number of nitrogens with two attached hydrogens (primary N) is 1. The number of carbonyl (C=O) groups excluding carboxylic acids is 1. The fourth-order valence-electron chi connectivity index (χ4n) is 2.90. The van der Waals surface area contributed by atoms with Crippen LogP contribution in [0, 0.1) is 17.8 Å². The van der Waals surface area contributed by atoms with Crippen LogP contribution in [0.4, 0.5) is 0 Å². The zero-order valence-corrected chi connectivity index (χ0v) is 14.0. The fourth-order valence-corrected chi connectivity index (χ4v) is 2.97. The minimum atomic E-state index is 0.00404. The van der Waals surface area contributed by atoms with Gasteiger partial charge in [0, 0.05) is 6.54 Å². The van der Waals surface area contributed by atoms with Gasteiger partial charge in [0.15, 0.2) is 0 Å². The highest BCUT2D eigenvalue weighted by Gasteiger charge is 2.34. The zero-order chi connectivity index (χ0) is 15.7. The van der Waals surface area contributed by atoms with Crippen molar-refractivity contribution in [3.8, 4) is 0 Å². The molecular formula is C16H28N2O2S. The normalized spacial score (nSPS) is 25.1. The van der Waals surface area contributed by atoms with Crippen LogP contribution in [0.15, 0.2) is 12.3 Å². The van der Waals surface area contributed by atoms with Crippen LogP contribution in [0.3, 0.4) is 0 Å². The standard InChI is InChI=1S/C16H28N2O2S/c1-12-10-13(2)14(11-12)16(19)20-9-5-3-4-7-18-8-6-15(17)21/h6,8,12-14,18H,3-5,7,9-11H2,1-2H3,(H2,17,21)/b8-6-. The Morgan fingerprint density at radius 1 is 1.33 bits per heavy atom. The summed E-state index contributed by atoms with van der Waals surface area (Å²) in [5, 5.41) is 3.12. The lowest BCUT2D eigenvalue weighted by atomic mass is 9.99. The van der Waals surface area contributed by atoms with Gasteiger partial charge in [0.05, 0.1) is 17.5 Å². The van der Waals surface area contributed by atoms with Gasteiger partial charge in [-0.1, -0.05) is 26.1 Å². The highest BCUT2D eigenvalue weighted by atomic mass is 32.1. The van der Waals surface area contributed by atoms with Crippen LogP contribution in [0.5, 0.6) is 0 Å². The van der Waals surface area contributed by atoms with Gasteiger partial charge in [-0.2, -0.15) is 0 Å². The number of ether oxygens (including phenoxy) is 1. The van der Waals surface area contributed by atoms with Crippen LogP contribution >= 0.6 is 12.2 Å². The lowest BCUT2D eigenvalue weighted by Gasteiger charge is -2.14. The average molecular weight is 312 g/mol. The smallest absolute Gasteiger partial charge is 0.309 e. The summed E-state index contributed by atoms with van der Waals surface area (Å²) in [6.07, 6.45) is 8.56. The molecule has 0 saturated heterocycles. The molecule has 1 aliphatic carbocycles. The molecule has 3 N–H and O–H groups in total. The number of carbonyl (C=O) groups is 1. The first-order valence-corrected chi connectivity index (χ1v) is 8.27. The number of unbranched alkanes of at least 4 members (excludes halogenated alkanes) is 2. The molecule has 0 aromatic heterocycles. The zero-order valence-electron chi connectivity index (χ0n) is 13.1. The van der Waals surface area contributed by atoms with Gasteiger partial charge in [0.25, 0.3) is 0 Å². The SMILES string of the molecule is CC1CC(C)C(C(=O)OCCCCCN/C=C\C(N)=S)C1. The molecule has 4 nitrogen and oxygen atoms in total. The minimum Gasteiger partial charge on any atom is -0.465 e. The summed E-state index contributed by atoms with van der Waals surface area (Å²) >= 11 is 4.72. The number of rotatable bonds is 9. The number of thiocarbonyl (C=S) groups is 1. The number of nitrogens with one attached hydrogen (secondary N) is 1. The molecule has 1 fully saturated rings.